The Balaban J connectivity index is 2.12. The standard InChI is InChI=1S/C17H19F2NO/c1-12-5-3-4-6-14(12)11-16(20-2)13-7-9-15(10-8-13)21-17(18)19/h3-10,16-17,20H,11H2,1-2H3. The summed E-state index contributed by atoms with van der Waals surface area (Å²) in [5, 5.41) is 3.27. The van der Waals surface area contributed by atoms with Gasteiger partial charge >= 0.3 is 6.61 Å². The van der Waals surface area contributed by atoms with Crippen LogP contribution < -0.4 is 10.1 Å². The lowest BCUT2D eigenvalue weighted by atomic mass is 9.96. The molecule has 0 aliphatic rings. The van der Waals surface area contributed by atoms with E-state index in [1.165, 1.54) is 11.1 Å². The maximum Gasteiger partial charge on any atom is 0.387 e. The van der Waals surface area contributed by atoms with Crippen molar-refractivity contribution in [2.45, 2.75) is 26.0 Å². The van der Waals surface area contributed by atoms with Crippen LogP contribution >= 0.6 is 0 Å². The molecule has 4 heteroatoms. The van der Waals surface area contributed by atoms with Gasteiger partial charge in [-0.05, 0) is 49.2 Å². The maximum absolute atomic E-state index is 12.1. The van der Waals surface area contributed by atoms with Crippen LogP contribution in [0.3, 0.4) is 0 Å². The lowest BCUT2D eigenvalue weighted by molar-refractivity contribution is -0.0498. The Morgan fingerprint density at radius 2 is 1.71 bits per heavy atom. The lowest BCUT2D eigenvalue weighted by Gasteiger charge is -2.18. The van der Waals surface area contributed by atoms with Crippen LogP contribution in [0.15, 0.2) is 48.5 Å². The minimum absolute atomic E-state index is 0.131. The molecule has 21 heavy (non-hydrogen) atoms. The van der Waals surface area contributed by atoms with Gasteiger partial charge in [-0.15, -0.1) is 0 Å². The Labute approximate surface area is 123 Å². The van der Waals surface area contributed by atoms with E-state index in [1.54, 1.807) is 12.1 Å². The summed E-state index contributed by atoms with van der Waals surface area (Å²) in [5.41, 5.74) is 3.56. The minimum atomic E-state index is -2.79. The van der Waals surface area contributed by atoms with Crippen LogP contribution in [-0.2, 0) is 6.42 Å². The van der Waals surface area contributed by atoms with Gasteiger partial charge < -0.3 is 10.1 Å². The molecule has 0 bridgehead atoms. The second kappa shape index (κ2) is 7.18. The molecule has 0 heterocycles. The van der Waals surface area contributed by atoms with Gasteiger partial charge in [0.2, 0.25) is 0 Å². The number of halogens is 2. The van der Waals surface area contributed by atoms with E-state index < -0.39 is 6.61 Å². The number of hydrogen-bond acceptors (Lipinski definition) is 2. The zero-order valence-electron chi connectivity index (χ0n) is 12.1. The van der Waals surface area contributed by atoms with E-state index in [1.807, 2.05) is 31.3 Å². The highest BCUT2D eigenvalue weighted by atomic mass is 19.3. The first-order valence-electron chi connectivity index (χ1n) is 6.86. The number of ether oxygens (including phenoxy) is 1. The maximum atomic E-state index is 12.1. The Hall–Kier alpha value is -1.94. The summed E-state index contributed by atoms with van der Waals surface area (Å²) in [6.07, 6.45) is 0.845. The highest BCUT2D eigenvalue weighted by molar-refractivity contribution is 5.32. The van der Waals surface area contributed by atoms with Crippen LogP contribution in [-0.4, -0.2) is 13.7 Å². The number of nitrogens with one attached hydrogen (secondary N) is 1. The fourth-order valence-corrected chi connectivity index (χ4v) is 2.33. The molecule has 0 saturated carbocycles. The summed E-state index contributed by atoms with van der Waals surface area (Å²) in [4.78, 5) is 0. The van der Waals surface area contributed by atoms with Crippen LogP contribution in [0.1, 0.15) is 22.7 Å². The first-order chi connectivity index (χ1) is 10.1. The molecular weight excluding hydrogens is 272 g/mol. The number of benzene rings is 2. The van der Waals surface area contributed by atoms with Crippen LogP contribution in [0, 0.1) is 6.92 Å². The highest BCUT2D eigenvalue weighted by Gasteiger charge is 2.12. The van der Waals surface area contributed by atoms with Crippen molar-refractivity contribution >= 4 is 0 Å². The largest absolute Gasteiger partial charge is 0.435 e. The Morgan fingerprint density at radius 1 is 1.05 bits per heavy atom. The number of rotatable bonds is 6. The predicted octanol–water partition coefficient (Wildman–Crippen LogP) is 4.10. The van der Waals surface area contributed by atoms with Crippen LogP contribution in [0.2, 0.25) is 0 Å². The lowest BCUT2D eigenvalue weighted by Crippen LogP contribution is -2.19. The first kappa shape index (κ1) is 15.4. The average molecular weight is 291 g/mol. The summed E-state index contributed by atoms with van der Waals surface area (Å²) >= 11 is 0. The zero-order valence-corrected chi connectivity index (χ0v) is 12.1. The molecule has 1 atom stereocenters. The molecule has 0 radical (unpaired) electrons. The number of aryl methyl sites for hydroxylation is 1. The average Bonchev–Trinajstić information content (AvgIpc) is 2.47. The monoisotopic (exact) mass is 291 g/mol. The molecule has 0 aliphatic carbocycles. The molecule has 0 amide bonds. The highest BCUT2D eigenvalue weighted by Crippen LogP contribution is 2.23. The van der Waals surface area contributed by atoms with Gasteiger partial charge in [-0.2, -0.15) is 8.78 Å². The van der Waals surface area contributed by atoms with Gasteiger partial charge in [0.1, 0.15) is 5.75 Å². The van der Waals surface area contributed by atoms with Crippen molar-refractivity contribution in [3.05, 3.63) is 65.2 Å². The molecule has 0 fully saturated rings. The van der Waals surface area contributed by atoms with Crippen molar-refractivity contribution in [1.82, 2.24) is 5.32 Å². The fraction of sp³-hybridized carbons (Fsp3) is 0.294. The third-order valence-electron chi connectivity index (χ3n) is 3.54. The third-order valence-corrected chi connectivity index (χ3v) is 3.54. The van der Waals surface area contributed by atoms with Crippen molar-refractivity contribution in [2.24, 2.45) is 0 Å². The molecule has 0 saturated heterocycles. The number of hydrogen-bond donors (Lipinski definition) is 1. The van der Waals surface area contributed by atoms with E-state index >= 15 is 0 Å². The molecule has 0 aromatic heterocycles. The number of likely N-dealkylation sites (N-methyl/N-ethyl adjacent to an activating group) is 1. The Morgan fingerprint density at radius 3 is 2.29 bits per heavy atom. The van der Waals surface area contributed by atoms with Gasteiger partial charge in [0.15, 0.2) is 0 Å². The van der Waals surface area contributed by atoms with E-state index in [9.17, 15) is 8.78 Å². The Bertz CT molecular complexity index is 569. The van der Waals surface area contributed by atoms with Crippen molar-refractivity contribution in [3.8, 4) is 5.75 Å². The van der Waals surface area contributed by atoms with Gasteiger partial charge in [0.05, 0.1) is 0 Å². The minimum Gasteiger partial charge on any atom is -0.435 e. The molecule has 1 unspecified atom stereocenters. The summed E-state index contributed by atoms with van der Waals surface area (Å²) in [7, 11) is 1.90. The topological polar surface area (TPSA) is 21.3 Å². The van der Waals surface area contributed by atoms with E-state index in [0.717, 1.165) is 12.0 Å². The predicted molar refractivity (Wildman–Crippen MR) is 79.8 cm³/mol. The van der Waals surface area contributed by atoms with Crippen LogP contribution in [0.25, 0.3) is 0 Å². The van der Waals surface area contributed by atoms with Crippen molar-refractivity contribution in [3.63, 3.8) is 0 Å². The van der Waals surface area contributed by atoms with Gasteiger partial charge in [0, 0.05) is 6.04 Å². The zero-order chi connectivity index (χ0) is 15.2. The van der Waals surface area contributed by atoms with Gasteiger partial charge in [0.25, 0.3) is 0 Å². The molecule has 0 aliphatic heterocycles. The van der Waals surface area contributed by atoms with E-state index in [0.29, 0.717) is 0 Å². The molecule has 2 nitrogen and oxygen atoms in total. The second-order valence-corrected chi connectivity index (χ2v) is 4.92. The van der Waals surface area contributed by atoms with Crippen molar-refractivity contribution in [1.29, 1.82) is 0 Å². The SMILES string of the molecule is CNC(Cc1ccccc1C)c1ccc(OC(F)F)cc1. The normalized spacial score (nSPS) is 12.4. The summed E-state index contributed by atoms with van der Waals surface area (Å²) < 4.78 is 28.7. The fourth-order valence-electron chi connectivity index (χ4n) is 2.33. The van der Waals surface area contributed by atoms with Gasteiger partial charge in [-0.25, -0.2) is 0 Å². The molecule has 2 rings (SSSR count). The molecule has 2 aromatic rings. The van der Waals surface area contributed by atoms with Gasteiger partial charge in [-0.3, -0.25) is 0 Å². The number of alkyl halides is 2. The third kappa shape index (κ3) is 4.26. The van der Waals surface area contributed by atoms with Crippen molar-refractivity contribution in [2.75, 3.05) is 7.05 Å². The first-order valence-corrected chi connectivity index (χ1v) is 6.86. The molecular formula is C17H19F2NO. The van der Waals surface area contributed by atoms with Gasteiger partial charge in [-0.1, -0.05) is 36.4 Å². The van der Waals surface area contributed by atoms with Crippen LogP contribution in [0.4, 0.5) is 8.78 Å². The smallest absolute Gasteiger partial charge is 0.387 e. The quantitative estimate of drug-likeness (QED) is 0.865. The van der Waals surface area contributed by atoms with Crippen molar-refractivity contribution < 1.29 is 13.5 Å². The second-order valence-electron chi connectivity index (χ2n) is 4.92. The molecule has 112 valence electrons. The van der Waals surface area contributed by atoms with Crippen LogP contribution in [0.5, 0.6) is 5.75 Å². The summed E-state index contributed by atoms with van der Waals surface area (Å²) in [6, 6.07) is 15.1. The summed E-state index contributed by atoms with van der Waals surface area (Å²) in [5.74, 6) is 0.180. The summed E-state index contributed by atoms with van der Waals surface area (Å²) in [6.45, 7) is -0.704. The Kier molecular flexibility index (Phi) is 5.28. The van der Waals surface area contributed by atoms with E-state index in [2.05, 4.69) is 29.1 Å². The van der Waals surface area contributed by atoms with E-state index in [4.69, 9.17) is 0 Å². The molecule has 2 aromatic carbocycles. The van der Waals surface area contributed by atoms with E-state index in [-0.39, 0.29) is 11.8 Å². The molecule has 0 spiro atoms. The molecule has 1 N–H and O–H groups in total.